The van der Waals surface area contributed by atoms with Crippen LogP contribution in [0.15, 0.2) is 22.7 Å². The van der Waals surface area contributed by atoms with E-state index in [0.717, 1.165) is 48.2 Å². The van der Waals surface area contributed by atoms with Crippen LogP contribution in [0.5, 0.6) is 5.75 Å². The molecular formula is C15H22BrNO2. The van der Waals surface area contributed by atoms with Gasteiger partial charge in [0.1, 0.15) is 5.75 Å². The molecule has 0 saturated heterocycles. The summed E-state index contributed by atoms with van der Waals surface area (Å²) in [6, 6.07) is 6.09. The molecule has 1 aromatic rings. The molecule has 1 aliphatic rings. The Hall–Kier alpha value is -0.580. The number of aliphatic hydroxyl groups is 1. The van der Waals surface area contributed by atoms with Crippen LogP contribution in [0.3, 0.4) is 0 Å². The van der Waals surface area contributed by atoms with Crippen LogP contribution in [0.25, 0.3) is 0 Å². The number of ether oxygens (including phenoxy) is 1. The maximum Gasteiger partial charge on any atom is 0.123 e. The quantitative estimate of drug-likeness (QED) is 0.807. The second kappa shape index (κ2) is 6.73. The molecule has 3 nitrogen and oxygen atoms in total. The fraction of sp³-hybridized carbons (Fsp3) is 0.600. The van der Waals surface area contributed by atoms with Crippen LogP contribution in [0.4, 0.5) is 0 Å². The fourth-order valence-electron chi connectivity index (χ4n) is 2.32. The van der Waals surface area contributed by atoms with E-state index in [1.165, 1.54) is 6.42 Å². The molecule has 0 atom stereocenters. The summed E-state index contributed by atoms with van der Waals surface area (Å²) >= 11 is 3.50. The molecule has 0 amide bonds. The van der Waals surface area contributed by atoms with Gasteiger partial charge >= 0.3 is 0 Å². The van der Waals surface area contributed by atoms with Gasteiger partial charge in [0.25, 0.3) is 0 Å². The molecule has 0 bridgehead atoms. The number of halogens is 1. The van der Waals surface area contributed by atoms with Crippen molar-refractivity contribution in [2.24, 2.45) is 0 Å². The van der Waals surface area contributed by atoms with E-state index in [1.807, 2.05) is 12.1 Å². The van der Waals surface area contributed by atoms with E-state index in [2.05, 4.69) is 34.2 Å². The lowest BCUT2D eigenvalue weighted by molar-refractivity contribution is 0.0869. The third kappa shape index (κ3) is 3.71. The summed E-state index contributed by atoms with van der Waals surface area (Å²) in [5.41, 5.74) is 1.08. The predicted octanol–water partition coefficient (Wildman–Crippen LogP) is 3.24. The maximum atomic E-state index is 9.48. The predicted molar refractivity (Wildman–Crippen MR) is 80.4 cm³/mol. The Morgan fingerprint density at radius 1 is 1.42 bits per heavy atom. The third-order valence-corrected chi connectivity index (χ3v) is 4.24. The smallest absolute Gasteiger partial charge is 0.123 e. The zero-order valence-corrected chi connectivity index (χ0v) is 13.0. The first-order valence-corrected chi connectivity index (χ1v) is 7.75. The van der Waals surface area contributed by atoms with Crippen LogP contribution >= 0.6 is 15.9 Å². The van der Waals surface area contributed by atoms with Gasteiger partial charge < -0.3 is 15.2 Å². The normalized spacial score (nSPS) is 17.0. The largest absolute Gasteiger partial charge is 0.493 e. The molecule has 0 unspecified atom stereocenters. The van der Waals surface area contributed by atoms with E-state index in [1.54, 1.807) is 0 Å². The molecule has 0 radical (unpaired) electrons. The summed E-state index contributed by atoms with van der Waals surface area (Å²) in [4.78, 5) is 0. The first-order chi connectivity index (χ1) is 9.19. The van der Waals surface area contributed by atoms with Crippen molar-refractivity contribution in [3.8, 4) is 5.75 Å². The number of aliphatic hydroxyl groups excluding tert-OH is 1. The van der Waals surface area contributed by atoms with E-state index in [4.69, 9.17) is 4.74 Å². The monoisotopic (exact) mass is 327 g/mol. The molecule has 4 heteroatoms. The Morgan fingerprint density at radius 2 is 2.21 bits per heavy atom. The van der Waals surface area contributed by atoms with Gasteiger partial charge in [-0.3, -0.25) is 0 Å². The Labute approximate surface area is 123 Å². The van der Waals surface area contributed by atoms with Gasteiger partial charge in [-0.2, -0.15) is 0 Å². The number of rotatable bonds is 7. The van der Waals surface area contributed by atoms with Gasteiger partial charge in [0.05, 0.1) is 13.2 Å². The van der Waals surface area contributed by atoms with E-state index in [-0.39, 0.29) is 12.1 Å². The highest BCUT2D eigenvalue weighted by atomic mass is 79.9. The van der Waals surface area contributed by atoms with Crippen molar-refractivity contribution in [1.82, 2.24) is 5.32 Å². The molecule has 0 aromatic heterocycles. The molecular weight excluding hydrogens is 306 g/mol. The van der Waals surface area contributed by atoms with E-state index in [0.29, 0.717) is 0 Å². The zero-order valence-electron chi connectivity index (χ0n) is 11.4. The summed E-state index contributed by atoms with van der Waals surface area (Å²) in [7, 11) is 0. The van der Waals surface area contributed by atoms with Crippen LogP contribution in [0, 0.1) is 0 Å². The van der Waals surface area contributed by atoms with Gasteiger partial charge in [-0.25, -0.2) is 0 Å². The number of nitrogens with one attached hydrogen (secondary N) is 1. The fourth-order valence-corrected chi connectivity index (χ4v) is 2.72. The second-order valence-corrected chi connectivity index (χ2v) is 6.16. The highest BCUT2D eigenvalue weighted by Gasteiger charge is 2.35. The van der Waals surface area contributed by atoms with Crippen molar-refractivity contribution in [2.75, 3.05) is 13.2 Å². The van der Waals surface area contributed by atoms with E-state index < -0.39 is 0 Å². The Balaban J connectivity index is 2.03. The lowest BCUT2D eigenvalue weighted by atomic mass is 9.77. The average molecular weight is 328 g/mol. The maximum absolute atomic E-state index is 9.48. The van der Waals surface area contributed by atoms with Crippen molar-refractivity contribution in [2.45, 2.75) is 44.7 Å². The van der Waals surface area contributed by atoms with Crippen molar-refractivity contribution < 1.29 is 9.84 Å². The molecule has 106 valence electrons. The summed E-state index contributed by atoms with van der Waals surface area (Å²) in [5.74, 6) is 0.935. The molecule has 1 aromatic carbocycles. The van der Waals surface area contributed by atoms with Crippen LogP contribution in [0.2, 0.25) is 0 Å². The van der Waals surface area contributed by atoms with Gasteiger partial charge in [-0.15, -0.1) is 0 Å². The van der Waals surface area contributed by atoms with Crippen molar-refractivity contribution >= 4 is 15.9 Å². The molecule has 1 fully saturated rings. The summed E-state index contributed by atoms with van der Waals surface area (Å²) in [5, 5.41) is 13.0. The molecule has 2 N–H and O–H groups in total. The standard InChI is InChI=1S/C15H22BrNO2/c1-2-8-19-14-5-4-13(16)9-12(14)10-17-15(11-18)6-3-7-15/h4-5,9,17-18H,2-3,6-8,10-11H2,1H3. The minimum Gasteiger partial charge on any atom is -0.493 e. The Morgan fingerprint density at radius 3 is 2.79 bits per heavy atom. The van der Waals surface area contributed by atoms with Gasteiger partial charge in [-0.1, -0.05) is 22.9 Å². The second-order valence-electron chi connectivity index (χ2n) is 5.25. The molecule has 19 heavy (non-hydrogen) atoms. The van der Waals surface area contributed by atoms with Crippen LogP contribution in [-0.4, -0.2) is 23.9 Å². The molecule has 0 heterocycles. The SMILES string of the molecule is CCCOc1ccc(Br)cc1CNC1(CO)CCC1. The minimum absolute atomic E-state index is 0.0651. The van der Waals surface area contributed by atoms with Gasteiger partial charge in [0.15, 0.2) is 0 Å². The number of hydrogen-bond donors (Lipinski definition) is 2. The van der Waals surface area contributed by atoms with Gasteiger partial charge in [-0.05, 0) is 43.9 Å². The number of hydrogen-bond acceptors (Lipinski definition) is 3. The Kier molecular flexibility index (Phi) is 5.25. The zero-order chi connectivity index (χ0) is 13.7. The number of benzene rings is 1. The van der Waals surface area contributed by atoms with Gasteiger partial charge in [0.2, 0.25) is 0 Å². The third-order valence-electron chi connectivity index (χ3n) is 3.75. The van der Waals surface area contributed by atoms with E-state index >= 15 is 0 Å². The molecule has 0 aliphatic heterocycles. The van der Waals surface area contributed by atoms with Crippen molar-refractivity contribution in [1.29, 1.82) is 0 Å². The first-order valence-electron chi connectivity index (χ1n) is 6.96. The van der Waals surface area contributed by atoms with Crippen molar-refractivity contribution in [3.05, 3.63) is 28.2 Å². The van der Waals surface area contributed by atoms with Gasteiger partial charge in [0, 0.05) is 22.1 Å². The topological polar surface area (TPSA) is 41.5 Å². The minimum atomic E-state index is -0.0651. The van der Waals surface area contributed by atoms with E-state index in [9.17, 15) is 5.11 Å². The summed E-state index contributed by atoms with van der Waals surface area (Å²) < 4.78 is 6.82. The van der Waals surface area contributed by atoms with Crippen LogP contribution in [-0.2, 0) is 6.54 Å². The highest BCUT2D eigenvalue weighted by molar-refractivity contribution is 9.10. The molecule has 2 rings (SSSR count). The lowest BCUT2D eigenvalue weighted by Gasteiger charge is -2.41. The summed E-state index contributed by atoms with van der Waals surface area (Å²) in [6.45, 7) is 3.79. The molecule has 0 spiro atoms. The average Bonchev–Trinajstić information content (AvgIpc) is 2.37. The van der Waals surface area contributed by atoms with Crippen LogP contribution < -0.4 is 10.1 Å². The highest BCUT2D eigenvalue weighted by Crippen LogP contribution is 2.32. The lowest BCUT2D eigenvalue weighted by Crippen LogP contribution is -2.53. The first kappa shape index (κ1) is 14.8. The molecule has 1 saturated carbocycles. The molecule has 1 aliphatic carbocycles. The van der Waals surface area contributed by atoms with Crippen LogP contribution in [0.1, 0.15) is 38.2 Å². The Bertz CT molecular complexity index is 413. The summed E-state index contributed by atoms with van der Waals surface area (Å²) in [6.07, 6.45) is 4.32. The van der Waals surface area contributed by atoms with Crippen molar-refractivity contribution in [3.63, 3.8) is 0 Å².